The molecule has 0 bridgehead atoms. The van der Waals surface area contributed by atoms with Crippen LogP contribution in [0, 0.1) is 11.7 Å². The number of urea groups is 1. The highest BCUT2D eigenvalue weighted by molar-refractivity contribution is 5.73. The van der Waals surface area contributed by atoms with Gasteiger partial charge in [0.2, 0.25) is 0 Å². The van der Waals surface area contributed by atoms with E-state index < -0.39 is 5.82 Å². The lowest BCUT2D eigenvalue weighted by Gasteiger charge is -2.20. The largest absolute Gasteiger partial charge is 0.494 e. The Hall–Kier alpha value is -2.57. The third-order valence-corrected chi connectivity index (χ3v) is 3.64. The normalized spacial score (nSPS) is 11.8. The molecule has 6 nitrogen and oxygen atoms in total. The van der Waals surface area contributed by atoms with Gasteiger partial charge in [0, 0.05) is 39.1 Å². The summed E-state index contributed by atoms with van der Waals surface area (Å²) < 4.78 is 20.4. The van der Waals surface area contributed by atoms with Crippen LogP contribution in [-0.4, -0.2) is 41.4 Å². The molecule has 7 heteroatoms. The van der Waals surface area contributed by atoms with Crippen LogP contribution in [0.2, 0.25) is 0 Å². The summed E-state index contributed by atoms with van der Waals surface area (Å²) in [5.74, 6) is 0.00985. The molecular formula is C17H23FN4O2. The average molecular weight is 334 g/mol. The first kappa shape index (κ1) is 17.8. The van der Waals surface area contributed by atoms with Gasteiger partial charge in [0.15, 0.2) is 11.6 Å². The van der Waals surface area contributed by atoms with Gasteiger partial charge >= 0.3 is 6.03 Å². The molecule has 0 aliphatic carbocycles. The first-order valence-electron chi connectivity index (χ1n) is 7.78. The lowest BCUT2D eigenvalue weighted by molar-refractivity contribution is 0.204. The van der Waals surface area contributed by atoms with Gasteiger partial charge in [-0.05, 0) is 29.7 Å². The molecule has 0 fully saturated rings. The molecule has 0 aliphatic rings. The highest BCUT2D eigenvalue weighted by atomic mass is 19.1. The van der Waals surface area contributed by atoms with Crippen molar-refractivity contribution in [3.8, 4) is 5.75 Å². The Bertz CT molecular complexity index is 661. The quantitative estimate of drug-likeness (QED) is 0.846. The molecule has 1 unspecified atom stereocenters. The first-order valence-corrected chi connectivity index (χ1v) is 7.78. The van der Waals surface area contributed by atoms with Gasteiger partial charge in [-0.2, -0.15) is 5.10 Å². The van der Waals surface area contributed by atoms with Crippen molar-refractivity contribution in [2.45, 2.75) is 20.0 Å². The molecule has 24 heavy (non-hydrogen) atoms. The van der Waals surface area contributed by atoms with E-state index in [0.717, 1.165) is 6.54 Å². The van der Waals surface area contributed by atoms with Crippen molar-refractivity contribution in [2.75, 3.05) is 20.7 Å². The first-order chi connectivity index (χ1) is 11.5. The Morgan fingerprint density at radius 2 is 2.29 bits per heavy atom. The predicted octanol–water partition coefficient (Wildman–Crippen LogP) is 2.51. The Morgan fingerprint density at radius 3 is 2.92 bits per heavy atom. The van der Waals surface area contributed by atoms with E-state index in [0.29, 0.717) is 18.7 Å². The molecule has 1 aromatic carbocycles. The summed E-state index contributed by atoms with van der Waals surface area (Å²) in [7, 11) is 3.09. The minimum Gasteiger partial charge on any atom is -0.494 e. The average Bonchev–Trinajstić information content (AvgIpc) is 3.05. The van der Waals surface area contributed by atoms with E-state index >= 15 is 0 Å². The zero-order valence-electron chi connectivity index (χ0n) is 14.2. The molecule has 1 N–H and O–H groups in total. The number of hydrogen-bond donors (Lipinski definition) is 1. The minimum atomic E-state index is -0.434. The highest BCUT2D eigenvalue weighted by Gasteiger charge is 2.12. The second kappa shape index (κ2) is 8.33. The molecular weight excluding hydrogens is 311 g/mol. The SMILES string of the molecule is COc1ccc(CN(C)C(=O)NCC(C)Cn2cccn2)cc1F. The summed E-state index contributed by atoms with van der Waals surface area (Å²) in [4.78, 5) is 13.7. The maximum atomic E-state index is 13.7. The van der Waals surface area contributed by atoms with E-state index in [-0.39, 0.29) is 17.7 Å². The number of benzene rings is 1. The third kappa shape index (κ3) is 4.97. The van der Waals surface area contributed by atoms with Gasteiger partial charge in [0.05, 0.1) is 7.11 Å². The second-order valence-corrected chi connectivity index (χ2v) is 5.84. The van der Waals surface area contributed by atoms with Gasteiger partial charge < -0.3 is 15.0 Å². The maximum Gasteiger partial charge on any atom is 0.317 e. The Morgan fingerprint density at radius 1 is 1.50 bits per heavy atom. The molecule has 0 aliphatic heterocycles. The summed E-state index contributed by atoms with van der Waals surface area (Å²) in [6.45, 7) is 3.64. The minimum absolute atomic E-state index is 0.193. The number of carbonyl (C=O) groups excluding carboxylic acids is 1. The van der Waals surface area contributed by atoms with Crippen LogP contribution in [0.3, 0.4) is 0 Å². The number of carbonyl (C=O) groups is 1. The third-order valence-electron chi connectivity index (χ3n) is 3.64. The predicted molar refractivity (Wildman–Crippen MR) is 89.2 cm³/mol. The van der Waals surface area contributed by atoms with Crippen LogP contribution in [0.4, 0.5) is 9.18 Å². The van der Waals surface area contributed by atoms with Crippen molar-refractivity contribution < 1.29 is 13.9 Å². The standard InChI is InChI=1S/C17H23FN4O2/c1-13(11-22-8-4-7-20-22)10-19-17(23)21(2)12-14-5-6-16(24-3)15(18)9-14/h4-9,13H,10-12H2,1-3H3,(H,19,23). The van der Waals surface area contributed by atoms with E-state index in [1.54, 1.807) is 25.4 Å². The molecule has 2 aromatic rings. The molecule has 1 atom stereocenters. The second-order valence-electron chi connectivity index (χ2n) is 5.84. The van der Waals surface area contributed by atoms with Crippen molar-refractivity contribution in [3.05, 3.63) is 48.0 Å². The number of nitrogens with one attached hydrogen (secondary N) is 1. The molecule has 2 rings (SSSR count). The van der Waals surface area contributed by atoms with Crippen molar-refractivity contribution in [1.29, 1.82) is 0 Å². The molecule has 0 radical (unpaired) electrons. The van der Waals surface area contributed by atoms with Crippen LogP contribution < -0.4 is 10.1 Å². The lowest BCUT2D eigenvalue weighted by atomic mass is 10.2. The Labute approximate surface area is 141 Å². The van der Waals surface area contributed by atoms with E-state index in [1.807, 2.05) is 23.9 Å². The summed E-state index contributed by atoms with van der Waals surface area (Å²) in [5, 5.41) is 7.02. The monoisotopic (exact) mass is 334 g/mol. The molecule has 0 saturated heterocycles. The Balaban J connectivity index is 1.80. The smallest absolute Gasteiger partial charge is 0.317 e. The fraction of sp³-hybridized carbons (Fsp3) is 0.412. The van der Waals surface area contributed by atoms with E-state index in [4.69, 9.17) is 4.74 Å². The number of aromatic nitrogens is 2. The van der Waals surface area contributed by atoms with Crippen LogP contribution in [0.15, 0.2) is 36.7 Å². The fourth-order valence-corrected chi connectivity index (χ4v) is 2.34. The summed E-state index contributed by atoms with van der Waals surface area (Å²) >= 11 is 0. The number of halogens is 1. The van der Waals surface area contributed by atoms with Crippen LogP contribution in [0.5, 0.6) is 5.75 Å². The number of hydrogen-bond acceptors (Lipinski definition) is 3. The maximum absolute atomic E-state index is 13.7. The van der Waals surface area contributed by atoms with Gasteiger partial charge in [-0.1, -0.05) is 13.0 Å². The Kier molecular flexibility index (Phi) is 6.17. The zero-order valence-corrected chi connectivity index (χ0v) is 14.2. The van der Waals surface area contributed by atoms with Crippen LogP contribution >= 0.6 is 0 Å². The van der Waals surface area contributed by atoms with E-state index in [9.17, 15) is 9.18 Å². The van der Waals surface area contributed by atoms with Gasteiger partial charge in [0.25, 0.3) is 0 Å². The summed E-state index contributed by atoms with van der Waals surface area (Å²) in [5.41, 5.74) is 0.704. The number of methoxy groups -OCH3 is 1. The van der Waals surface area contributed by atoms with Crippen molar-refractivity contribution in [1.82, 2.24) is 20.0 Å². The van der Waals surface area contributed by atoms with E-state index in [1.165, 1.54) is 18.1 Å². The fourth-order valence-electron chi connectivity index (χ4n) is 2.34. The number of nitrogens with zero attached hydrogens (tertiary/aromatic N) is 3. The summed E-state index contributed by atoms with van der Waals surface area (Å²) in [6.07, 6.45) is 3.62. The van der Waals surface area contributed by atoms with Crippen molar-refractivity contribution in [3.63, 3.8) is 0 Å². The van der Waals surface area contributed by atoms with Crippen LogP contribution in [0.1, 0.15) is 12.5 Å². The molecule has 130 valence electrons. The van der Waals surface area contributed by atoms with Gasteiger partial charge in [0.1, 0.15) is 0 Å². The van der Waals surface area contributed by atoms with Gasteiger partial charge in [-0.25, -0.2) is 9.18 Å². The summed E-state index contributed by atoms with van der Waals surface area (Å²) in [6, 6.07) is 6.35. The lowest BCUT2D eigenvalue weighted by Crippen LogP contribution is -2.39. The van der Waals surface area contributed by atoms with Crippen LogP contribution in [-0.2, 0) is 13.1 Å². The number of amides is 2. The molecule has 0 spiro atoms. The van der Waals surface area contributed by atoms with Gasteiger partial charge in [-0.3, -0.25) is 4.68 Å². The number of rotatable bonds is 7. The number of ether oxygens (including phenoxy) is 1. The van der Waals surface area contributed by atoms with Crippen molar-refractivity contribution >= 4 is 6.03 Å². The van der Waals surface area contributed by atoms with Crippen molar-refractivity contribution in [2.24, 2.45) is 5.92 Å². The van der Waals surface area contributed by atoms with E-state index in [2.05, 4.69) is 10.4 Å². The van der Waals surface area contributed by atoms with Crippen LogP contribution in [0.25, 0.3) is 0 Å². The topological polar surface area (TPSA) is 59.4 Å². The van der Waals surface area contributed by atoms with Gasteiger partial charge in [-0.15, -0.1) is 0 Å². The highest BCUT2D eigenvalue weighted by Crippen LogP contribution is 2.18. The molecule has 2 amide bonds. The molecule has 0 saturated carbocycles. The zero-order chi connectivity index (χ0) is 17.5. The molecule has 1 aromatic heterocycles. The molecule has 1 heterocycles.